The molecule has 7 nitrogen and oxygen atoms in total. The minimum Gasteiger partial charge on any atom is -0.441 e. The van der Waals surface area contributed by atoms with Crippen LogP contribution in [0.5, 0.6) is 0 Å². The standard InChI is InChI=1S/C27H30N4O3/c1-3-30(4-2)27(33)19-31-16-15-21-17-22(13-14-23(21)31)29-25(32)11-8-12-26-28-18-24(34-26)20-9-6-5-7-10-20/h5-7,9-10,13-18H,3-4,8,11-12,19H2,1-2H3,(H,29,32). The van der Waals surface area contributed by atoms with Crippen LogP contribution in [0.3, 0.4) is 0 Å². The first-order chi connectivity index (χ1) is 16.6. The van der Waals surface area contributed by atoms with Gasteiger partial charge in [0, 0.05) is 54.3 Å². The van der Waals surface area contributed by atoms with E-state index in [1.807, 2.05) is 84.1 Å². The van der Waals surface area contributed by atoms with E-state index in [2.05, 4.69) is 10.3 Å². The summed E-state index contributed by atoms with van der Waals surface area (Å²) >= 11 is 0. The number of likely N-dealkylation sites (N-methyl/N-ethyl adjacent to an activating group) is 1. The van der Waals surface area contributed by atoms with Crippen LogP contribution in [-0.4, -0.2) is 39.4 Å². The molecule has 0 fully saturated rings. The molecule has 0 bridgehead atoms. The number of benzene rings is 2. The van der Waals surface area contributed by atoms with Crippen molar-refractivity contribution in [3.05, 3.63) is 72.9 Å². The lowest BCUT2D eigenvalue weighted by Crippen LogP contribution is -2.33. The zero-order chi connectivity index (χ0) is 23.9. The number of aromatic nitrogens is 2. The van der Waals surface area contributed by atoms with Crippen molar-refractivity contribution < 1.29 is 14.0 Å². The SMILES string of the molecule is CCN(CC)C(=O)Cn1ccc2cc(NC(=O)CCCc3ncc(-c4ccccc4)o3)ccc21. The van der Waals surface area contributed by atoms with Crippen molar-refractivity contribution in [2.45, 2.75) is 39.7 Å². The number of rotatable bonds is 10. The minimum absolute atomic E-state index is 0.0506. The molecule has 0 atom stereocenters. The maximum absolute atomic E-state index is 12.4. The predicted molar refractivity (Wildman–Crippen MR) is 133 cm³/mol. The number of oxazole rings is 1. The van der Waals surface area contributed by atoms with Crippen LogP contribution < -0.4 is 5.32 Å². The van der Waals surface area contributed by atoms with Gasteiger partial charge in [-0.05, 0) is 44.5 Å². The minimum atomic E-state index is -0.0506. The summed E-state index contributed by atoms with van der Waals surface area (Å²) in [5.41, 5.74) is 2.70. The summed E-state index contributed by atoms with van der Waals surface area (Å²) in [7, 11) is 0. The smallest absolute Gasteiger partial charge is 0.242 e. The van der Waals surface area contributed by atoms with Crippen LogP contribution in [0, 0.1) is 0 Å². The fourth-order valence-electron chi connectivity index (χ4n) is 4.02. The molecule has 0 spiro atoms. The monoisotopic (exact) mass is 458 g/mol. The first-order valence-corrected chi connectivity index (χ1v) is 11.7. The number of amides is 2. The van der Waals surface area contributed by atoms with Gasteiger partial charge in [-0.25, -0.2) is 4.98 Å². The molecule has 0 aliphatic heterocycles. The highest BCUT2D eigenvalue weighted by Crippen LogP contribution is 2.22. The fourth-order valence-corrected chi connectivity index (χ4v) is 4.02. The number of hydrogen-bond acceptors (Lipinski definition) is 4. The van der Waals surface area contributed by atoms with Crippen LogP contribution in [-0.2, 0) is 22.6 Å². The van der Waals surface area contributed by atoms with Crippen LogP contribution in [0.2, 0.25) is 0 Å². The molecule has 34 heavy (non-hydrogen) atoms. The third kappa shape index (κ3) is 5.54. The van der Waals surface area contributed by atoms with Crippen LogP contribution in [0.15, 0.2) is 71.4 Å². The van der Waals surface area contributed by atoms with Gasteiger partial charge < -0.3 is 19.2 Å². The molecule has 0 unspecified atom stereocenters. The molecule has 2 amide bonds. The average molecular weight is 459 g/mol. The van der Waals surface area contributed by atoms with Gasteiger partial charge in [-0.3, -0.25) is 9.59 Å². The second-order valence-corrected chi connectivity index (χ2v) is 8.17. The number of nitrogens with one attached hydrogen (secondary N) is 1. The molecular weight excluding hydrogens is 428 g/mol. The Kier molecular flexibility index (Phi) is 7.42. The van der Waals surface area contributed by atoms with Gasteiger partial charge in [0.15, 0.2) is 11.7 Å². The summed E-state index contributed by atoms with van der Waals surface area (Å²) in [6.45, 7) is 5.68. The Balaban J connectivity index is 1.29. The molecule has 2 aromatic heterocycles. The first-order valence-electron chi connectivity index (χ1n) is 11.7. The molecule has 0 radical (unpaired) electrons. The highest BCUT2D eigenvalue weighted by molar-refractivity contribution is 5.94. The lowest BCUT2D eigenvalue weighted by molar-refractivity contribution is -0.131. The average Bonchev–Trinajstić information content (AvgIpc) is 3.48. The summed E-state index contributed by atoms with van der Waals surface area (Å²) < 4.78 is 7.75. The van der Waals surface area contributed by atoms with E-state index in [4.69, 9.17) is 4.42 Å². The van der Waals surface area contributed by atoms with Gasteiger partial charge in [0.2, 0.25) is 11.8 Å². The molecule has 7 heteroatoms. The molecule has 2 aromatic carbocycles. The molecular formula is C27H30N4O3. The van der Waals surface area contributed by atoms with Crippen molar-refractivity contribution in [3.63, 3.8) is 0 Å². The third-order valence-corrected chi connectivity index (χ3v) is 5.88. The van der Waals surface area contributed by atoms with E-state index in [1.165, 1.54) is 0 Å². The van der Waals surface area contributed by atoms with Crippen molar-refractivity contribution in [3.8, 4) is 11.3 Å². The van der Waals surface area contributed by atoms with Crippen LogP contribution >= 0.6 is 0 Å². The Morgan fingerprint density at radius 3 is 2.62 bits per heavy atom. The Hall–Kier alpha value is -3.87. The molecule has 0 saturated carbocycles. The van der Waals surface area contributed by atoms with Crippen molar-refractivity contribution in [2.24, 2.45) is 0 Å². The van der Waals surface area contributed by atoms with E-state index < -0.39 is 0 Å². The van der Waals surface area contributed by atoms with Crippen molar-refractivity contribution in [1.82, 2.24) is 14.5 Å². The highest BCUT2D eigenvalue weighted by atomic mass is 16.4. The second-order valence-electron chi connectivity index (χ2n) is 8.17. The van der Waals surface area contributed by atoms with Crippen LogP contribution in [0.4, 0.5) is 5.69 Å². The highest BCUT2D eigenvalue weighted by Gasteiger charge is 2.13. The quantitative estimate of drug-likeness (QED) is 0.357. The number of nitrogens with zero attached hydrogens (tertiary/aromatic N) is 3. The first kappa shape index (κ1) is 23.3. The fraction of sp³-hybridized carbons (Fsp3) is 0.296. The van der Waals surface area contributed by atoms with Gasteiger partial charge in [-0.2, -0.15) is 0 Å². The van der Waals surface area contributed by atoms with Gasteiger partial charge in [0.1, 0.15) is 6.54 Å². The van der Waals surface area contributed by atoms with Crippen molar-refractivity contribution in [1.29, 1.82) is 0 Å². The Morgan fingerprint density at radius 1 is 1.06 bits per heavy atom. The summed E-state index contributed by atoms with van der Waals surface area (Å²) in [6, 6.07) is 17.6. The molecule has 0 aliphatic rings. The molecule has 0 aliphatic carbocycles. The summed E-state index contributed by atoms with van der Waals surface area (Å²) in [6.07, 6.45) is 5.26. The van der Waals surface area contributed by atoms with E-state index in [-0.39, 0.29) is 11.8 Å². The van der Waals surface area contributed by atoms with E-state index in [9.17, 15) is 9.59 Å². The molecule has 2 heterocycles. The molecule has 0 saturated heterocycles. The number of carbonyl (C=O) groups is 2. The summed E-state index contributed by atoms with van der Waals surface area (Å²) in [4.78, 5) is 31.0. The topological polar surface area (TPSA) is 80.4 Å². The third-order valence-electron chi connectivity index (χ3n) is 5.88. The van der Waals surface area contributed by atoms with Gasteiger partial charge in [0.25, 0.3) is 0 Å². The normalized spacial score (nSPS) is 11.0. The Labute approximate surface area is 199 Å². The van der Waals surface area contributed by atoms with E-state index in [0.29, 0.717) is 44.8 Å². The lowest BCUT2D eigenvalue weighted by Gasteiger charge is -2.19. The van der Waals surface area contributed by atoms with E-state index in [0.717, 1.165) is 27.9 Å². The number of hydrogen-bond donors (Lipinski definition) is 1. The summed E-state index contributed by atoms with van der Waals surface area (Å²) in [5.74, 6) is 1.42. The van der Waals surface area contributed by atoms with Gasteiger partial charge in [-0.1, -0.05) is 30.3 Å². The maximum atomic E-state index is 12.4. The molecule has 1 N–H and O–H groups in total. The largest absolute Gasteiger partial charge is 0.441 e. The van der Waals surface area contributed by atoms with E-state index >= 15 is 0 Å². The molecule has 4 rings (SSSR count). The Morgan fingerprint density at radius 2 is 1.85 bits per heavy atom. The molecule has 176 valence electrons. The van der Waals surface area contributed by atoms with Crippen molar-refractivity contribution in [2.75, 3.05) is 18.4 Å². The second kappa shape index (κ2) is 10.8. The number of aryl methyl sites for hydroxylation is 1. The zero-order valence-electron chi connectivity index (χ0n) is 19.7. The molecule has 4 aromatic rings. The zero-order valence-corrected chi connectivity index (χ0v) is 19.7. The predicted octanol–water partition coefficient (Wildman–Crippen LogP) is 5.13. The van der Waals surface area contributed by atoms with Gasteiger partial charge in [-0.15, -0.1) is 0 Å². The van der Waals surface area contributed by atoms with Crippen LogP contribution in [0.25, 0.3) is 22.2 Å². The van der Waals surface area contributed by atoms with Crippen molar-refractivity contribution >= 4 is 28.4 Å². The Bertz CT molecular complexity index is 1260. The summed E-state index contributed by atoms with van der Waals surface area (Å²) in [5, 5.41) is 3.95. The van der Waals surface area contributed by atoms with Gasteiger partial charge in [0.05, 0.1) is 6.20 Å². The van der Waals surface area contributed by atoms with E-state index in [1.54, 1.807) is 6.20 Å². The number of fused-ring (bicyclic) bond motifs is 1. The maximum Gasteiger partial charge on any atom is 0.242 e. The van der Waals surface area contributed by atoms with Gasteiger partial charge >= 0.3 is 0 Å². The van der Waals surface area contributed by atoms with Crippen LogP contribution in [0.1, 0.15) is 32.6 Å². The lowest BCUT2D eigenvalue weighted by atomic mass is 10.2. The number of carbonyl (C=O) groups excluding carboxylic acids is 2. The number of anilines is 1.